The normalized spacial score (nSPS) is 14.5. The number of hydrogen-bond acceptors (Lipinski definition) is 2. The molecule has 2 N–H and O–H groups in total. The summed E-state index contributed by atoms with van der Waals surface area (Å²) in [5, 5.41) is 0. The van der Waals surface area contributed by atoms with Crippen molar-refractivity contribution in [1.82, 2.24) is 0 Å². The lowest BCUT2D eigenvalue weighted by Gasteiger charge is -2.22. The van der Waals surface area contributed by atoms with Crippen molar-refractivity contribution in [1.29, 1.82) is 0 Å². The number of rotatable bonds is 6. The summed E-state index contributed by atoms with van der Waals surface area (Å²) in [6.45, 7) is 4.55. The third kappa shape index (κ3) is 2.95. The molecule has 0 radical (unpaired) electrons. The van der Waals surface area contributed by atoms with E-state index in [1.54, 1.807) is 31.2 Å². The summed E-state index contributed by atoms with van der Waals surface area (Å²) in [6, 6.07) is 7.10. The van der Waals surface area contributed by atoms with Gasteiger partial charge in [-0.05, 0) is 30.5 Å². The van der Waals surface area contributed by atoms with E-state index in [-0.39, 0.29) is 6.54 Å². The monoisotopic (exact) mass is 225 g/mol. The van der Waals surface area contributed by atoms with Gasteiger partial charge in [0.2, 0.25) is 0 Å². The highest BCUT2D eigenvalue weighted by Crippen LogP contribution is 2.29. The fraction of sp³-hybridized carbons (Fsp3) is 0.538. The van der Waals surface area contributed by atoms with Crippen LogP contribution in [0, 0.1) is 0 Å². The van der Waals surface area contributed by atoms with Gasteiger partial charge >= 0.3 is 0 Å². The minimum atomic E-state index is -1.41. The fourth-order valence-electron chi connectivity index (χ4n) is 1.54. The molecule has 0 aliphatic carbocycles. The molecule has 2 nitrogen and oxygen atoms in total. The zero-order valence-corrected chi connectivity index (χ0v) is 10.0. The van der Waals surface area contributed by atoms with Crippen LogP contribution in [0.5, 0.6) is 5.75 Å². The molecular formula is C13H20FNO. The Morgan fingerprint density at radius 2 is 1.88 bits per heavy atom. The van der Waals surface area contributed by atoms with Crippen LogP contribution in [0.2, 0.25) is 0 Å². The molecule has 0 heterocycles. The number of ether oxygens (including phenoxy) is 1. The summed E-state index contributed by atoms with van der Waals surface area (Å²) in [7, 11) is 0. The van der Waals surface area contributed by atoms with Crippen molar-refractivity contribution in [2.45, 2.75) is 32.4 Å². The molecule has 1 atom stereocenters. The molecular weight excluding hydrogens is 205 g/mol. The van der Waals surface area contributed by atoms with E-state index in [4.69, 9.17) is 10.5 Å². The van der Waals surface area contributed by atoms with E-state index in [9.17, 15) is 4.39 Å². The Bertz CT molecular complexity index is 306. The molecule has 1 rings (SSSR count). The zero-order chi connectivity index (χ0) is 12.0. The van der Waals surface area contributed by atoms with Crippen molar-refractivity contribution in [2.75, 3.05) is 13.2 Å². The van der Waals surface area contributed by atoms with Crippen molar-refractivity contribution >= 4 is 0 Å². The Morgan fingerprint density at radius 1 is 1.25 bits per heavy atom. The fourth-order valence-corrected chi connectivity index (χ4v) is 1.54. The molecule has 0 aliphatic rings. The molecule has 0 aliphatic heterocycles. The van der Waals surface area contributed by atoms with Crippen LogP contribution in [0.3, 0.4) is 0 Å². The highest BCUT2D eigenvalue weighted by atomic mass is 19.1. The molecule has 3 heteroatoms. The number of hydrogen-bond donors (Lipinski definition) is 1. The van der Waals surface area contributed by atoms with Crippen LogP contribution < -0.4 is 10.5 Å². The zero-order valence-electron chi connectivity index (χ0n) is 10.0. The first-order chi connectivity index (χ1) is 7.66. The quantitative estimate of drug-likeness (QED) is 0.807. The maximum Gasteiger partial charge on any atom is 0.147 e. The highest BCUT2D eigenvalue weighted by molar-refractivity contribution is 5.31. The van der Waals surface area contributed by atoms with E-state index in [1.807, 2.05) is 6.92 Å². The SMILES string of the molecule is CCCOc1ccc(C(F)(CC)CN)cc1. The Kier molecular flexibility index (Phi) is 4.74. The van der Waals surface area contributed by atoms with Crippen LogP contribution in [0.4, 0.5) is 4.39 Å². The second-order valence-corrected chi connectivity index (χ2v) is 3.90. The second-order valence-electron chi connectivity index (χ2n) is 3.90. The van der Waals surface area contributed by atoms with E-state index in [0.717, 1.165) is 12.2 Å². The van der Waals surface area contributed by atoms with E-state index in [0.29, 0.717) is 18.6 Å². The van der Waals surface area contributed by atoms with Gasteiger partial charge in [0.05, 0.1) is 6.61 Å². The summed E-state index contributed by atoms with van der Waals surface area (Å²) in [6.07, 6.45) is 1.35. The van der Waals surface area contributed by atoms with Crippen LogP contribution in [-0.4, -0.2) is 13.2 Å². The van der Waals surface area contributed by atoms with Crippen molar-refractivity contribution in [2.24, 2.45) is 5.73 Å². The summed E-state index contributed by atoms with van der Waals surface area (Å²) < 4.78 is 19.6. The van der Waals surface area contributed by atoms with E-state index >= 15 is 0 Å². The first kappa shape index (κ1) is 13.0. The maximum atomic E-state index is 14.2. The van der Waals surface area contributed by atoms with Gasteiger partial charge in [0.1, 0.15) is 11.4 Å². The summed E-state index contributed by atoms with van der Waals surface area (Å²) in [4.78, 5) is 0. The van der Waals surface area contributed by atoms with Gasteiger partial charge in [0, 0.05) is 6.54 Å². The minimum Gasteiger partial charge on any atom is -0.494 e. The largest absolute Gasteiger partial charge is 0.494 e. The van der Waals surface area contributed by atoms with Gasteiger partial charge in [-0.3, -0.25) is 0 Å². The van der Waals surface area contributed by atoms with Gasteiger partial charge in [-0.15, -0.1) is 0 Å². The van der Waals surface area contributed by atoms with Crippen molar-refractivity contribution in [3.8, 4) is 5.75 Å². The second kappa shape index (κ2) is 5.85. The molecule has 0 amide bonds. The highest BCUT2D eigenvalue weighted by Gasteiger charge is 2.27. The minimum absolute atomic E-state index is 0.0126. The molecule has 0 aromatic heterocycles. The molecule has 16 heavy (non-hydrogen) atoms. The Labute approximate surface area is 96.6 Å². The van der Waals surface area contributed by atoms with Gasteiger partial charge in [-0.25, -0.2) is 4.39 Å². The van der Waals surface area contributed by atoms with Gasteiger partial charge in [0.25, 0.3) is 0 Å². The van der Waals surface area contributed by atoms with E-state index < -0.39 is 5.67 Å². The Hall–Kier alpha value is -1.09. The molecule has 0 saturated carbocycles. The average Bonchev–Trinajstić information content (AvgIpc) is 2.36. The summed E-state index contributed by atoms with van der Waals surface area (Å²) in [5.41, 5.74) is 4.67. The van der Waals surface area contributed by atoms with E-state index in [2.05, 4.69) is 0 Å². The number of benzene rings is 1. The standard InChI is InChI=1S/C13H20FNO/c1-3-9-16-12-7-5-11(6-8-12)13(14,4-2)10-15/h5-8H,3-4,9-10,15H2,1-2H3. The molecule has 0 fully saturated rings. The lowest BCUT2D eigenvalue weighted by molar-refractivity contribution is 0.169. The first-order valence-corrected chi connectivity index (χ1v) is 5.78. The molecule has 0 bridgehead atoms. The Morgan fingerprint density at radius 3 is 2.31 bits per heavy atom. The van der Waals surface area contributed by atoms with Crippen LogP contribution in [-0.2, 0) is 5.67 Å². The van der Waals surface area contributed by atoms with Gasteiger partial charge in [-0.2, -0.15) is 0 Å². The van der Waals surface area contributed by atoms with Crippen LogP contribution in [0.25, 0.3) is 0 Å². The van der Waals surface area contributed by atoms with Crippen molar-refractivity contribution < 1.29 is 9.13 Å². The predicted molar refractivity (Wildman–Crippen MR) is 64.4 cm³/mol. The number of alkyl halides is 1. The van der Waals surface area contributed by atoms with Gasteiger partial charge in [-0.1, -0.05) is 26.0 Å². The topological polar surface area (TPSA) is 35.2 Å². The predicted octanol–water partition coefficient (Wildman–Crippen LogP) is 3.01. The first-order valence-electron chi connectivity index (χ1n) is 5.78. The molecule has 1 aromatic rings. The molecule has 1 unspecified atom stereocenters. The molecule has 1 aromatic carbocycles. The van der Waals surface area contributed by atoms with E-state index in [1.165, 1.54) is 0 Å². The lowest BCUT2D eigenvalue weighted by atomic mass is 9.93. The maximum absolute atomic E-state index is 14.2. The molecule has 0 spiro atoms. The number of nitrogens with two attached hydrogens (primary N) is 1. The average molecular weight is 225 g/mol. The molecule has 90 valence electrons. The van der Waals surface area contributed by atoms with Crippen LogP contribution >= 0.6 is 0 Å². The van der Waals surface area contributed by atoms with Crippen molar-refractivity contribution in [3.05, 3.63) is 29.8 Å². The Balaban J connectivity index is 2.77. The van der Waals surface area contributed by atoms with Gasteiger partial charge < -0.3 is 10.5 Å². The third-order valence-electron chi connectivity index (χ3n) is 2.73. The summed E-state index contributed by atoms with van der Waals surface area (Å²) in [5.74, 6) is 0.779. The third-order valence-corrected chi connectivity index (χ3v) is 2.73. The number of halogens is 1. The van der Waals surface area contributed by atoms with Crippen LogP contribution in [0.15, 0.2) is 24.3 Å². The van der Waals surface area contributed by atoms with Crippen LogP contribution in [0.1, 0.15) is 32.3 Å². The smallest absolute Gasteiger partial charge is 0.147 e. The van der Waals surface area contributed by atoms with Crippen molar-refractivity contribution in [3.63, 3.8) is 0 Å². The van der Waals surface area contributed by atoms with Gasteiger partial charge in [0.15, 0.2) is 0 Å². The lowest BCUT2D eigenvalue weighted by Crippen LogP contribution is -2.29. The summed E-state index contributed by atoms with van der Waals surface area (Å²) >= 11 is 0. The molecule has 0 saturated heterocycles.